The zero-order valence-electron chi connectivity index (χ0n) is 13.8. The van der Waals surface area contributed by atoms with Crippen LogP contribution in [-0.2, 0) is 18.2 Å². The van der Waals surface area contributed by atoms with Gasteiger partial charge in [-0.15, -0.1) is 0 Å². The molecule has 0 radical (unpaired) electrons. The molecule has 128 valence electrons. The maximum absolute atomic E-state index is 12.0. The average Bonchev–Trinajstić information content (AvgIpc) is 2.94. The van der Waals surface area contributed by atoms with Crippen LogP contribution in [0.2, 0.25) is 0 Å². The van der Waals surface area contributed by atoms with Crippen LogP contribution < -0.4 is 11.3 Å². The molecular weight excluding hydrogens is 322 g/mol. The molecule has 0 spiro atoms. The molecule has 3 N–H and O–H groups in total. The molecule has 25 heavy (non-hydrogen) atoms. The monoisotopic (exact) mass is 339 g/mol. The molecule has 3 rings (SSSR count). The number of nitrogens with one attached hydrogen (secondary N) is 1. The van der Waals surface area contributed by atoms with Gasteiger partial charge in [0.25, 0.3) is 5.56 Å². The van der Waals surface area contributed by atoms with Crippen LogP contribution >= 0.6 is 0 Å². The lowest BCUT2D eigenvalue weighted by atomic mass is 9.99. The molecule has 1 aromatic carbocycles. The number of methoxy groups -OCH3 is 1. The first-order valence-electron chi connectivity index (χ1n) is 7.54. The summed E-state index contributed by atoms with van der Waals surface area (Å²) in [7, 11) is 3.12. The van der Waals surface area contributed by atoms with Crippen molar-refractivity contribution in [1.82, 2.24) is 19.7 Å². The standard InChI is InChI=1S/C17H17N5O3/c1-22-9-11(7-10-5-3-4-6-12(10)16(24)25-2)15(21-22)13-8-14(23)20-17(18)19-13/h3-6,8-9H,7H2,1-2H3,(H3,18,19,20,23). The Morgan fingerprint density at radius 1 is 1.32 bits per heavy atom. The van der Waals surface area contributed by atoms with Crippen molar-refractivity contribution >= 4 is 11.9 Å². The Labute approximate surface area is 143 Å². The first-order valence-corrected chi connectivity index (χ1v) is 7.54. The number of nitrogens with zero attached hydrogens (tertiary/aromatic N) is 3. The third-order valence-electron chi connectivity index (χ3n) is 3.71. The van der Waals surface area contributed by atoms with Crippen molar-refractivity contribution < 1.29 is 9.53 Å². The zero-order chi connectivity index (χ0) is 18.0. The summed E-state index contributed by atoms with van der Waals surface area (Å²) < 4.78 is 6.46. The number of H-pyrrole nitrogens is 1. The minimum absolute atomic E-state index is 0.0223. The fourth-order valence-corrected chi connectivity index (χ4v) is 2.67. The maximum atomic E-state index is 12.0. The topological polar surface area (TPSA) is 116 Å². The summed E-state index contributed by atoms with van der Waals surface area (Å²) in [5.41, 5.74) is 8.29. The minimum atomic E-state index is -0.403. The fraction of sp³-hybridized carbons (Fsp3) is 0.176. The van der Waals surface area contributed by atoms with Crippen LogP contribution in [0.4, 0.5) is 5.95 Å². The molecule has 0 saturated heterocycles. The van der Waals surface area contributed by atoms with Crippen LogP contribution in [0.25, 0.3) is 11.4 Å². The molecular formula is C17H17N5O3. The van der Waals surface area contributed by atoms with E-state index in [9.17, 15) is 9.59 Å². The number of aromatic nitrogens is 4. The summed E-state index contributed by atoms with van der Waals surface area (Å²) >= 11 is 0. The third-order valence-corrected chi connectivity index (χ3v) is 3.71. The average molecular weight is 339 g/mol. The van der Waals surface area contributed by atoms with Crippen molar-refractivity contribution in [3.05, 3.63) is 63.6 Å². The van der Waals surface area contributed by atoms with Crippen LogP contribution in [0.5, 0.6) is 0 Å². The van der Waals surface area contributed by atoms with Gasteiger partial charge in [-0.05, 0) is 11.6 Å². The van der Waals surface area contributed by atoms with Crippen molar-refractivity contribution in [3.8, 4) is 11.4 Å². The van der Waals surface area contributed by atoms with E-state index in [1.54, 1.807) is 23.9 Å². The molecule has 0 atom stereocenters. The summed E-state index contributed by atoms with van der Waals surface area (Å²) in [6.07, 6.45) is 2.26. The number of rotatable bonds is 4. The number of carbonyl (C=O) groups excluding carboxylic acids is 1. The van der Waals surface area contributed by atoms with Gasteiger partial charge in [0, 0.05) is 31.3 Å². The first kappa shape index (κ1) is 16.4. The first-order chi connectivity index (χ1) is 12.0. The summed E-state index contributed by atoms with van der Waals surface area (Å²) in [4.78, 5) is 30.2. The molecule has 8 nitrogen and oxygen atoms in total. The molecule has 8 heteroatoms. The van der Waals surface area contributed by atoms with Crippen molar-refractivity contribution in [2.24, 2.45) is 7.05 Å². The lowest BCUT2D eigenvalue weighted by Gasteiger charge is -2.08. The largest absolute Gasteiger partial charge is 0.465 e. The van der Waals surface area contributed by atoms with Gasteiger partial charge in [-0.1, -0.05) is 18.2 Å². The summed E-state index contributed by atoms with van der Waals surface area (Å²) in [6.45, 7) is 0. The second-order valence-corrected chi connectivity index (χ2v) is 5.52. The highest BCUT2D eigenvalue weighted by Gasteiger charge is 2.17. The lowest BCUT2D eigenvalue weighted by molar-refractivity contribution is 0.0599. The van der Waals surface area contributed by atoms with E-state index in [0.29, 0.717) is 23.4 Å². The predicted molar refractivity (Wildman–Crippen MR) is 92.1 cm³/mol. The van der Waals surface area contributed by atoms with E-state index in [1.165, 1.54) is 13.2 Å². The Morgan fingerprint density at radius 2 is 2.08 bits per heavy atom. The minimum Gasteiger partial charge on any atom is -0.465 e. The van der Waals surface area contributed by atoms with Crippen LogP contribution in [-0.4, -0.2) is 32.8 Å². The smallest absolute Gasteiger partial charge is 0.338 e. The molecule has 2 aromatic heterocycles. The van der Waals surface area contributed by atoms with Gasteiger partial charge in [0.05, 0.1) is 12.7 Å². The lowest BCUT2D eigenvalue weighted by Crippen LogP contribution is -2.11. The number of hydrogen-bond donors (Lipinski definition) is 2. The second-order valence-electron chi connectivity index (χ2n) is 5.52. The fourth-order valence-electron chi connectivity index (χ4n) is 2.67. The molecule has 0 aliphatic carbocycles. The van der Waals surface area contributed by atoms with Gasteiger partial charge in [0.2, 0.25) is 5.95 Å². The number of anilines is 1. The van der Waals surface area contributed by atoms with E-state index < -0.39 is 5.97 Å². The van der Waals surface area contributed by atoms with E-state index in [4.69, 9.17) is 10.5 Å². The highest BCUT2D eigenvalue weighted by molar-refractivity contribution is 5.91. The Kier molecular flexibility index (Phi) is 4.34. The summed E-state index contributed by atoms with van der Waals surface area (Å²) in [6, 6.07) is 8.53. The number of esters is 1. The highest BCUT2D eigenvalue weighted by Crippen LogP contribution is 2.23. The van der Waals surface area contributed by atoms with Crippen molar-refractivity contribution in [2.45, 2.75) is 6.42 Å². The molecule has 0 fully saturated rings. The van der Waals surface area contributed by atoms with E-state index in [2.05, 4.69) is 15.1 Å². The molecule has 0 saturated carbocycles. The van der Waals surface area contributed by atoms with E-state index in [0.717, 1.165) is 11.1 Å². The molecule has 3 aromatic rings. The molecule has 0 aliphatic rings. The van der Waals surface area contributed by atoms with Gasteiger partial charge in [0.1, 0.15) is 11.4 Å². The number of aromatic amines is 1. The molecule has 0 bridgehead atoms. The Hall–Kier alpha value is -3.42. The number of carbonyl (C=O) groups is 1. The maximum Gasteiger partial charge on any atom is 0.338 e. The number of nitrogen functional groups attached to an aromatic ring is 1. The van der Waals surface area contributed by atoms with Crippen LogP contribution in [0.3, 0.4) is 0 Å². The van der Waals surface area contributed by atoms with Gasteiger partial charge in [-0.2, -0.15) is 5.10 Å². The van der Waals surface area contributed by atoms with E-state index in [1.807, 2.05) is 18.3 Å². The van der Waals surface area contributed by atoms with Crippen LogP contribution in [0.1, 0.15) is 21.5 Å². The van der Waals surface area contributed by atoms with Gasteiger partial charge in [-0.3, -0.25) is 14.5 Å². The van der Waals surface area contributed by atoms with E-state index >= 15 is 0 Å². The molecule has 0 unspecified atom stereocenters. The Balaban J connectivity index is 2.06. The molecule has 0 aliphatic heterocycles. The molecule has 0 amide bonds. The quantitative estimate of drug-likeness (QED) is 0.688. The van der Waals surface area contributed by atoms with Crippen molar-refractivity contribution in [2.75, 3.05) is 12.8 Å². The zero-order valence-corrected chi connectivity index (χ0v) is 13.8. The van der Waals surface area contributed by atoms with Gasteiger partial charge < -0.3 is 10.5 Å². The second kappa shape index (κ2) is 6.60. The van der Waals surface area contributed by atoms with Gasteiger partial charge in [0.15, 0.2) is 0 Å². The summed E-state index contributed by atoms with van der Waals surface area (Å²) in [5, 5.41) is 4.38. The van der Waals surface area contributed by atoms with Crippen LogP contribution in [0, 0.1) is 0 Å². The van der Waals surface area contributed by atoms with Crippen LogP contribution in [0.15, 0.2) is 41.3 Å². The number of nitrogens with two attached hydrogens (primary N) is 1. The van der Waals surface area contributed by atoms with Crippen molar-refractivity contribution in [3.63, 3.8) is 0 Å². The normalized spacial score (nSPS) is 10.6. The number of benzene rings is 1. The van der Waals surface area contributed by atoms with Gasteiger partial charge in [-0.25, -0.2) is 9.78 Å². The molecule has 2 heterocycles. The SMILES string of the molecule is COC(=O)c1ccccc1Cc1cn(C)nc1-c1cc(=O)[nH]c(N)n1. The number of aryl methyl sites for hydroxylation is 1. The van der Waals surface area contributed by atoms with Gasteiger partial charge >= 0.3 is 5.97 Å². The third kappa shape index (κ3) is 3.42. The van der Waals surface area contributed by atoms with E-state index in [-0.39, 0.29) is 11.5 Å². The van der Waals surface area contributed by atoms with Crippen molar-refractivity contribution in [1.29, 1.82) is 0 Å². The Morgan fingerprint density at radius 3 is 2.80 bits per heavy atom. The Bertz CT molecular complexity index is 990. The number of hydrogen-bond acceptors (Lipinski definition) is 6. The summed E-state index contributed by atoms with van der Waals surface area (Å²) in [5.74, 6) is -0.381. The predicted octanol–water partition coefficient (Wildman–Crippen LogP) is 1.13. The number of ether oxygens (including phenoxy) is 1. The highest BCUT2D eigenvalue weighted by atomic mass is 16.5.